The SMILES string of the molecule is C[C@@H](O)c1ccc(N(C)CCO)nc1. The molecule has 0 aromatic carbocycles. The summed E-state index contributed by atoms with van der Waals surface area (Å²) >= 11 is 0. The molecule has 78 valence electrons. The number of likely N-dealkylation sites (N-methyl/N-ethyl adjacent to an activating group) is 1. The molecule has 0 aliphatic rings. The van der Waals surface area contributed by atoms with Gasteiger partial charge in [-0.3, -0.25) is 0 Å². The van der Waals surface area contributed by atoms with Crippen molar-refractivity contribution in [3.05, 3.63) is 23.9 Å². The molecule has 0 saturated carbocycles. The molecule has 1 aromatic rings. The molecule has 4 heteroatoms. The molecule has 0 bridgehead atoms. The van der Waals surface area contributed by atoms with Crippen molar-refractivity contribution in [2.24, 2.45) is 0 Å². The van der Waals surface area contributed by atoms with Crippen LogP contribution in [0.4, 0.5) is 5.82 Å². The van der Waals surface area contributed by atoms with E-state index in [1.165, 1.54) is 0 Å². The molecule has 0 fully saturated rings. The van der Waals surface area contributed by atoms with E-state index < -0.39 is 6.10 Å². The minimum absolute atomic E-state index is 0.107. The van der Waals surface area contributed by atoms with E-state index in [2.05, 4.69) is 4.98 Å². The second-order valence-electron chi connectivity index (χ2n) is 3.27. The van der Waals surface area contributed by atoms with Crippen molar-refractivity contribution < 1.29 is 10.2 Å². The van der Waals surface area contributed by atoms with E-state index in [9.17, 15) is 5.11 Å². The minimum atomic E-state index is -0.486. The van der Waals surface area contributed by atoms with E-state index in [0.29, 0.717) is 6.54 Å². The van der Waals surface area contributed by atoms with E-state index >= 15 is 0 Å². The summed E-state index contributed by atoms with van der Waals surface area (Å²) in [6.07, 6.45) is 1.16. The first-order chi connectivity index (χ1) is 6.65. The van der Waals surface area contributed by atoms with Gasteiger partial charge in [-0.2, -0.15) is 0 Å². The third-order valence-electron chi connectivity index (χ3n) is 2.08. The lowest BCUT2D eigenvalue weighted by atomic mass is 10.2. The van der Waals surface area contributed by atoms with Crippen LogP contribution in [-0.4, -0.2) is 35.4 Å². The van der Waals surface area contributed by atoms with Crippen molar-refractivity contribution in [3.63, 3.8) is 0 Å². The third-order valence-corrected chi connectivity index (χ3v) is 2.08. The average molecular weight is 196 g/mol. The molecule has 0 unspecified atom stereocenters. The van der Waals surface area contributed by atoms with Crippen molar-refractivity contribution in [1.82, 2.24) is 4.98 Å². The molecule has 1 heterocycles. The summed E-state index contributed by atoms with van der Waals surface area (Å²) in [5.74, 6) is 0.795. The predicted molar refractivity (Wildman–Crippen MR) is 55.2 cm³/mol. The molecule has 0 radical (unpaired) electrons. The zero-order valence-corrected chi connectivity index (χ0v) is 8.51. The lowest BCUT2D eigenvalue weighted by molar-refractivity contribution is 0.199. The number of hydrogen-bond acceptors (Lipinski definition) is 4. The van der Waals surface area contributed by atoms with Crippen molar-refractivity contribution in [2.45, 2.75) is 13.0 Å². The fraction of sp³-hybridized carbons (Fsp3) is 0.500. The van der Waals surface area contributed by atoms with Crippen LogP contribution >= 0.6 is 0 Å². The van der Waals surface area contributed by atoms with Crippen LogP contribution in [0.25, 0.3) is 0 Å². The van der Waals surface area contributed by atoms with Crippen LogP contribution in [0.2, 0.25) is 0 Å². The lowest BCUT2D eigenvalue weighted by Gasteiger charge is -2.16. The van der Waals surface area contributed by atoms with Crippen LogP contribution in [0.15, 0.2) is 18.3 Å². The van der Waals surface area contributed by atoms with E-state index in [4.69, 9.17) is 5.11 Å². The first-order valence-corrected chi connectivity index (χ1v) is 4.61. The van der Waals surface area contributed by atoms with Crippen molar-refractivity contribution >= 4 is 5.82 Å². The van der Waals surface area contributed by atoms with Gasteiger partial charge in [0.15, 0.2) is 0 Å². The normalized spacial score (nSPS) is 12.6. The lowest BCUT2D eigenvalue weighted by Crippen LogP contribution is -2.22. The van der Waals surface area contributed by atoms with Crippen molar-refractivity contribution in [1.29, 1.82) is 0 Å². The smallest absolute Gasteiger partial charge is 0.128 e. The summed E-state index contributed by atoms with van der Waals surface area (Å²) in [7, 11) is 1.86. The Morgan fingerprint density at radius 3 is 2.64 bits per heavy atom. The van der Waals surface area contributed by atoms with Crippen molar-refractivity contribution in [2.75, 3.05) is 25.1 Å². The summed E-state index contributed by atoms with van der Waals surface area (Å²) in [5, 5.41) is 18.0. The van der Waals surface area contributed by atoms with Crippen LogP contribution < -0.4 is 4.90 Å². The summed E-state index contributed by atoms with van der Waals surface area (Å²) in [6.45, 7) is 2.37. The molecule has 14 heavy (non-hydrogen) atoms. The molecule has 1 aromatic heterocycles. The average Bonchev–Trinajstić information content (AvgIpc) is 2.18. The van der Waals surface area contributed by atoms with E-state index in [1.54, 1.807) is 13.1 Å². The minimum Gasteiger partial charge on any atom is -0.395 e. The number of aliphatic hydroxyl groups excluding tert-OH is 2. The van der Waals surface area contributed by atoms with Gasteiger partial charge in [-0.1, -0.05) is 6.07 Å². The van der Waals surface area contributed by atoms with Crippen LogP contribution in [0.1, 0.15) is 18.6 Å². The number of rotatable bonds is 4. The Morgan fingerprint density at radius 2 is 2.21 bits per heavy atom. The van der Waals surface area contributed by atoms with Crippen LogP contribution in [0.5, 0.6) is 0 Å². The zero-order chi connectivity index (χ0) is 10.6. The Labute approximate surface area is 83.8 Å². The molecule has 0 saturated heterocycles. The fourth-order valence-corrected chi connectivity index (χ4v) is 1.13. The van der Waals surface area contributed by atoms with Gasteiger partial charge < -0.3 is 15.1 Å². The zero-order valence-electron chi connectivity index (χ0n) is 8.51. The summed E-state index contributed by atoms with van der Waals surface area (Å²) in [5.41, 5.74) is 0.797. The molecule has 0 aliphatic heterocycles. The Morgan fingerprint density at radius 1 is 1.50 bits per heavy atom. The molecule has 0 spiro atoms. The van der Waals surface area contributed by atoms with E-state index in [0.717, 1.165) is 11.4 Å². The standard InChI is InChI=1S/C10H16N2O2/c1-8(14)9-3-4-10(11-7-9)12(2)5-6-13/h3-4,7-8,13-14H,5-6H2,1-2H3/t8-/m1/s1. The number of pyridine rings is 1. The number of aliphatic hydroxyl groups is 2. The first-order valence-electron chi connectivity index (χ1n) is 4.61. The van der Waals surface area contributed by atoms with Gasteiger partial charge in [-0.05, 0) is 18.6 Å². The second-order valence-corrected chi connectivity index (χ2v) is 3.27. The fourth-order valence-electron chi connectivity index (χ4n) is 1.13. The van der Waals surface area contributed by atoms with Crippen molar-refractivity contribution in [3.8, 4) is 0 Å². The Balaban J connectivity index is 2.72. The molecule has 0 aliphatic carbocycles. The largest absolute Gasteiger partial charge is 0.395 e. The monoisotopic (exact) mass is 196 g/mol. The highest BCUT2D eigenvalue weighted by Gasteiger charge is 2.03. The van der Waals surface area contributed by atoms with Gasteiger partial charge in [0, 0.05) is 19.8 Å². The summed E-state index contributed by atoms with van der Waals surface area (Å²) < 4.78 is 0. The molecular formula is C10H16N2O2. The Kier molecular flexibility index (Phi) is 3.85. The van der Waals surface area contributed by atoms with Crippen LogP contribution in [0, 0.1) is 0 Å². The summed E-state index contributed by atoms with van der Waals surface area (Å²) in [6, 6.07) is 3.67. The predicted octanol–water partition coefficient (Wildman–Crippen LogP) is 0.563. The third kappa shape index (κ3) is 2.68. The van der Waals surface area contributed by atoms with Crippen LogP contribution in [0.3, 0.4) is 0 Å². The molecule has 1 atom stereocenters. The van der Waals surface area contributed by atoms with E-state index in [-0.39, 0.29) is 6.61 Å². The topological polar surface area (TPSA) is 56.6 Å². The molecule has 2 N–H and O–H groups in total. The molecular weight excluding hydrogens is 180 g/mol. The molecule has 4 nitrogen and oxygen atoms in total. The maximum Gasteiger partial charge on any atom is 0.128 e. The van der Waals surface area contributed by atoms with Gasteiger partial charge in [-0.25, -0.2) is 4.98 Å². The quantitative estimate of drug-likeness (QED) is 0.739. The molecule has 1 rings (SSSR count). The Bertz CT molecular complexity index is 272. The van der Waals surface area contributed by atoms with Gasteiger partial charge in [0.2, 0.25) is 0 Å². The number of hydrogen-bond donors (Lipinski definition) is 2. The van der Waals surface area contributed by atoms with Gasteiger partial charge >= 0.3 is 0 Å². The highest BCUT2D eigenvalue weighted by Crippen LogP contribution is 2.14. The highest BCUT2D eigenvalue weighted by molar-refractivity contribution is 5.38. The number of nitrogens with zero attached hydrogens (tertiary/aromatic N) is 2. The maximum absolute atomic E-state index is 9.26. The number of aromatic nitrogens is 1. The van der Waals surface area contributed by atoms with Gasteiger partial charge in [0.05, 0.1) is 12.7 Å². The van der Waals surface area contributed by atoms with Gasteiger partial charge in [-0.15, -0.1) is 0 Å². The highest BCUT2D eigenvalue weighted by atomic mass is 16.3. The van der Waals surface area contributed by atoms with Gasteiger partial charge in [0.25, 0.3) is 0 Å². The van der Waals surface area contributed by atoms with E-state index in [1.807, 2.05) is 24.1 Å². The molecule has 0 amide bonds. The second kappa shape index (κ2) is 4.93. The van der Waals surface area contributed by atoms with Gasteiger partial charge in [0.1, 0.15) is 5.82 Å². The van der Waals surface area contributed by atoms with Crippen LogP contribution in [-0.2, 0) is 0 Å². The maximum atomic E-state index is 9.26. The summed E-state index contributed by atoms with van der Waals surface area (Å²) in [4.78, 5) is 6.03. The number of anilines is 1. The Hall–Kier alpha value is -1.13. The first kappa shape index (κ1) is 10.9.